The highest BCUT2D eigenvalue weighted by Gasteiger charge is 2.21. The molecule has 0 radical (unpaired) electrons. The van der Waals surface area contributed by atoms with Gasteiger partial charge in [-0.15, -0.1) is 0 Å². The molecule has 0 unspecified atom stereocenters. The first-order chi connectivity index (χ1) is 8.90. The number of sulfone groups is 1. The summed E-state index contributed by atoms with van der Waals surface area (Å²) in [5.74, 6) is -0.169. The maximum Gasteiger partial charge on any atom is 0.186 e. The Kier molecular flexibility index (Phi) is 4.04. The summed E-state index contributed by atoms with van der Waals surface area (Å²) in [4.78, 5) is -0.0217. The SMILES string of the molecule is Nc1cccc(Cl)c1S(=O)(=O)Cc1ccc(Cl)cc1. The number of rotatable bonds is 3. The van der Waals surface area contributed by atoms with Gasteiger partial charge in [0.2, 0.25) is 0 Å². The second-order valence-electron chi connectivity index (χ2n) is 4.04. The zero-order valence-electron chi connectivity index (χ0n) is 9.81. The molecule has 2 rings (SSSR count). The average Bonchev–Trinajstić information content (AvgIpc) is 2.31. The third-order valence-electron chi connectivity index (χ3n) is 2.58. The molecule has 100 valence electrons. The van der Waals surface area contributed by atoms with Gasteiger partial charge in [0.05, 0.1) is 16.5 Å². The lowest BCUT2D eigenvalue weighted by Crippen LogP contribution is -2.08. The van der Waals surface area contributed by atoms with Gasteiger partial charge in [-0.1, -0.05) is 41.4 Å². The third-order valence-corrected chi connectivity index (χ3v) is 5.05. The van der Waals surface area contributed by atoms with Crippen LogP contribution in [0, 0.1) is 0 Å². The molecule has 0 aliphatic rings. The fourth-order valence-electron chi connectivity index (χ4n) is 1.73. The van der Waals surface area contributed by atoms with E-state index in [-0.39, 0.29) is 21.4 Å². The lowest BCUT2D eigenvalue weighted by molar-refractivity contribution is 0.596. The highest BCUT2D eigenvalue weighted by Crippen LogP contribution is 2.30. The largest absolute Gasteiger partial charge is 0.398 e. The van der Waals surface area contributed by atoms with Crippen molar-refractivity contribution >= 4 is 38.7 Å². The van der Waals surface area contributed by atoms with Crippen molar-refractivity contribution in [2.75, 3.05) is 5.73 Å². The van der Waals surface area contributed by atoms with Crippen LogP contribution >= 0.6 is 23.2 Å². The molecule has 0 spiro atoms. The lowest BCUT2D eigenvalue weighted by atomic mass is 10.2. The Balaban J connectivity index is 2.41. The molecule has 0 saturated carbocycles. The van der Waals surface area contributed by atoms with E-state index in [2.05, 4.69) is 0 Å². The summed E-state index contributed by atoms with van der Waals surface area (Å²) in [7, 11) is -3.59. The highest BCUT2D eigenvalue weighted by molar-refractivity contribution is 7.91. The summed E-state index contributed by atoms with van der Waals surface area (Å²) < 4.78 is 24.7. The van der Waals surface area contributed by atoms with Crippen LogP contribution in [0.25, 0.3) is 0 Å². The predicted octanol–water partition coefficient (Wildman–Crippen LogP) is 3.55. The minimum absolute atomic E-state index is 0.0217. The first-order valence-electron chi connectivity index (χ1n) is 5.41. The molecule has 19 heavy (non-hydrogen) atoms. The van der Waals surface area contributed by atoms with E-state index < -0.39 is 9.84 Å². The monoisotopic (exact) mass is 315 g/mol. The maximum atomic E-state index is 12.3. The van der Waals surface area contributed by atoms with Crippen molar-refractivity contribution in [1.82, 2.24) is 0 Å². The van der Waals surface area contributed by atoms with Gasteiger partial charge in [-0.3, -0.25) is 0 Å². The topological polar surface area (TPSA) is 60.2 Å². The molecule has 0 aromatic heterocycles. The fraction of sp³-hybridized carbons (Fsp3) is 0.0769. The molecule has 2 aromatic rings. The van der Waals surface area contributed by atoms with E-state index in [9.17, 15) is 8.42 Å². The van der Waals surface area contributed by atoms with Gasteiger partial charge in [-0.25, -0.2) is 8.42 Å². The van der Waals surface area contributed by atoms with Crippen LogP contribution in [-0.2, 0) is 15.6 Å². The van der Waals surface area contributed by atoms with Crippen LogP contribution in [0.4, 0.5) is 5.69 Å². The maximum absolute atomic E-state index is 12.3. The molecule has 2 N–H and O–H groups in total. The zero-order valence-corrected chi connectivity index (χ0v) is 12.1. The summed E-state index contributed by atoms with van der Waals surface area (Å²) in [5, 5.41) is 0.687. The van der Waals surface area contributed by atoms with E-state index in [4.69, 9.17) is 28.9 Å². The van der Waals surface area contributed by atoms with Crippen molar-refractivity contribution in [2.45, 2.75) is 10.6 Å². The van der Waals surface area contributed by atoms with E-state index in [1.54, 1.807) is 30.3 Å². The average molecular weight is 316 g/mol. The quantitative estimate of drug-likeness (QED) is 0.881. The van der Waals surface area contributed by atoms with Crippen LogP contribution in [0.2, 0.25) is 10.0 Å². The fourth-order valence-corrected chi connectivity index (χ4v) is 3.95. The molecule has 3 nitrogen and oxygen atoms in total. The number of hydrogen-bond acceptors (Lipinski definition) is 3. The van der Waals surface area contributed by atoms with Crippen molar-refractivity contribution in [2.24, 2.45) is 0 Å². The van der Waals surface area contributed by atoms with E-state index in [0.717, 1.165) is 0 Å². The Labute approximate surface area is 121 Å². The van der Waals surface area contributed by atoms with Crippen molar-refractivity contribution < 1.29 is 8.42 Å². The van der Waals surface area contributed by atoms with Gasteiger partial charge in [0.1, 0.15) is 4.90 Å². The molecule has 2 aromatic carbocycles. The molecule has 0 heterocycles. The standard InChI is InChI=1S/C13H11Cl2NO2S/c14-10-6-4-9(5-7-10)8-19(17,18)13-11(15)2-1-3-12(13)16/h1-7H,8,16H2. The van der Waals surface area contributed by atoms with Gasteiger partial charge < -0.3 is 5.73 Å². The Hall–Kier alpha value is -1.23. The van der Waals surface area contributed by atoms with Gasteiger partial charge >= 0.3 is 0 Å². The second kappa shape index (κ2) is 5.41. The molecule has 0 atom stereocenters. The lowest BCUT2D eigenvalue weighted by Gasteiger charge is -2.09. The number of anilines is 1. The summed E-state index contributed by atoms with van der Waals surface area (Å²) in [6.07, 6.45) is 0. The summed E-state index contributed by atoms with van der Waals surface area (Å²) in [6, 6.07) is 11.2. The molecular weight excluding hydrogens is 305 g/mol. The number of nitrogen functional groups attached to an aromatic ring is 1. The van der Waals surface area contributed by atoms with Crippen LogP contribution in [0.3, 0.4) is 0 Å². The first kappa shape index (κ1) is 14.2. The van der Waals surface area contributed by atoms with Crippen molar-refractivity contribution in [1.29, 1.82) is 0 Å². The van der Waals surface area contributed by atoms with E-state index in [1.807, 2.05) is 0 Å². The van der Waals surface area contributed by atoms with Gasteiger partial charge in [-0.05, 0) is 29.8 Å². The van der Waals surface area contributed by atoms with Crippen molar-refractivity contribution in [3.63, 3.8) is 0 Å². The summed E-state index contributed by atoms with van der Waals surface area (Å²) in [5.41, 5.74) is 6.48. The van der Waals surface area contributed by atoms with Gasteiger partial charge in [-0.2, -0.15) is 0 Å². The van der Waals surface area contributed by atoms with E-state index >= 15 is 0 Å². The van der Waals surface area contributed by atoms with Gasteiger partial charge in [0.25, 0.3) is 0 Å². The second-order valence-corrected chi connectivity index (χ2v) is 6.81. The highest BCUT2D eigenvalue weighted by atomic mass is 35.5. The van der Waals surface area contributed by atoms with Crippen LogP contribution in [0.1, 0.15) is 5.56 Å². The van der Waals surface area contributed by atoms with Crippen LogP contribution < -0.4 is 5.73 Å². The molecule has 0 saturated heterocycles. The molecular formula is C13H11Cl2NO2S. The normalized spacial score (nSPS) is 11.5. The van der Waals surface area contributed by atoms with Gasteiger partial charge in [0, 0.05) is 5.02 Å². The van der Waals surface area contributed by atoms with Crippen LogP contribution in [0.5, 0.6) is 0 Å². The zero-order chi connectivity index (χ0) is 14.0. The van der Waals surface area contributed by atoms with Crippen LogP contribution in [0.15, 0.2) is 47.4 Å². The Morgan fingerprint density at radius 1 is 1.00 bits per heavy atom. The first-order valence-corrected chi connectivity index (χ1v) is 7.82. The minimum Gasteiger partial charge on any atom is -0.398 e. The van der Waals surface area contributed by atoms with E-state index in [0.29, 0.717) is 10.6 Å². The summed E-state index contributed by atoms with van der Waals surface area (Å²) >= 11 is 11.7. The molecule has 0 fully saturated rings. The van der Waals surface area contributed by atoms with Crippen molar-refractivity contribution in [3.8, 4) is 0 Å². The number of nitrogens with two attached hydrogens (primary N) is 1. The molecule has 0 bridgehead atoms. The van der Waals surface area contributed by atoms with Gasteiger partial charge in [0.15, 0.2) is 9.84 Å². The minimum atomic E-state index is -3.59. The smallest absolute Gasteiger partial charge is 0.186 e. The Bertz CT molecular complexity index is 677. The van der Waals surface area contributed by atoms with E-state index in [1.165, 1.54) is 12.1 Å². The number of hydrogen-bond donors (Lipinski definition) is 1. The third kappa shape index (κ3) is 3.21. The van der Waals surface area contributed by atoms with Crippen LogP contribution in [-0.4, -0.2) is 8.42 Å². The molecule has 0 aliphatic carbocycles. The molecule has 6 heteroatoms. The predicted molar refractivity (Wildman–Crippen MR) is 78.2 cm³/mol. The van der Waals surface area contributed by atoms with Crippen molar-refractivity contribution in [3.05, 3.63) is 58.1 Å². The Morgan fingerprint density at radius 3 is 2.21 bits per heavy atom. The summed E-state index contributed by atoms with van der Waals surface area (Å²) in [6.45, 7) is 0. The Morgan fingerprint density at radius 2 is 1.63 bits per heavy atom. The molecule has 0 amide bonds. The number of benzene rings is 2. The number of halogens is 2. The molecule has 0 aliphatic heterocycles.